The number of pyridine rings is 1. The fraction of sp³-hybridized carbons (Fsp3) is 0.200. The molecule has 3 heteroatoms. The third-order valence-electron chi connectivity index (χ3n) is 1.32. The van der Waals surface area contributed by atoms with Crippen molar-refractivity contribution in [1.29, 1.82) is 5.26 Å². The van der Waals surface area contributed by atoms with Gasteiger partial charge in [-0.1, -0.05) is 11.8 Å². The number of nitrogens with zero attached hydrogens (tertiary/aromatic N) is 2. The predicted octanol–water partition coefficient (Wildman–Crippen LogP) is 1.93. The van der Waals surface area contributed by atoms with E-state index < -0.39 is 0 Å². The highest BCUT2D eigenvalue weighted by Crippen LogP contribution is 1.99. The van der Waals surface area contributed by atoms with Crippen LogP contribution in [0.25, 0.3) is 0 Å². The van der Waals surface area contributed by atoms with E-state index in [1.807, 2.05) is 6.07 Å². The molecule has 0 radical (unpaired) electrons. The molecule has 1 rings (SSSR count). The van der Waals surface area contributed by atoms with E-state index in [0.717, 1.165) is 5.56 Å². The molecule has 1 aromatic heterocycles. The van der Waals surface area contributed by atoms with Crippen LogP contribution in [-0.4, -0.2) is 10.9 Å². The molecule has 1 heterocycles. The molecule has 0 spiro atoms. The minimum absolute atomic E-state index is 0.526. The van der Waals surface area contributed by atoms with Crippen LogP contribution in [0.1, 0.15) is 17.5 Å². The third kappa shape index (κ3) is 3.15. The Morgan fingerprint density at radius 3 is 2.85 bits per heavy atom. The molecule has 0 aliphatic carbocycles. The Morgan fingerprint density at radius 2 is 2.15 bits per heavy atom. The second-order valence-corrected chi connectivity index (χ2v) is 2.69. The van der Waals surface area contributed by atoms with Crippen molar-refractivity contribution in [2.75, 3.05) is 5.88 Å². The molecule has 64 valence electrons. The Kier molecular flexibility index (Phi) is 3.82. The second-order valence-electron chi connectivity index (χ2n) is 2.31. The molecule has 0 unspecified atom stereocenters. The summed E-state index contributed by atoms with van der Waals surface area (Å²) in [7, 11) is 0. The van der Waals surface area contributed by atoms with E-state index in [9.17, 15) is 0 Å². The van der Waals surface area contributed by atoms with Crippen molar-refractivity contribution in [2.24, 2.45) is 0 Å². The molecule has 0 N–H and O–H groups in total. The van der Waals surface area contributed by atoms with Gasteiger partial charge in [0.05, 0.1) is 5.56 Å². The monoisotopic (exact) mass is 190 g/mol. The van der Waals surface area contributed by atoms with Crippen molar-refractivity contribution in [3.63, 3.8) is 0 Å². The Labute approximate surface area is 82.2 Å². The Morgan fingerprint density at radius 1 is 1.38 bits per heavy atom. The van der Waals surface area contributed by atoms with Gasteiger partial charge in [-0.3, -0.25) is 4.98 Å². The fourth-order valence-corrected chi connectivity index (χ4v) is 0.876. The van der Waals surface area contributed by atoms with Crippen LogP contribution in [0.2, 0.25) is 0 Å². The predicted molar refractivity (Wildman–Crippen MR) is 51.2 cm³/mol. The molecule has 0 amide bonds. The fourth-order valence-electron chi connectivity index (χ4n) is 0.781. The lowest BCUT2D eigenvalue weighted by molar-refractivity contribution is 1.27. The van der Waals surface area contributed by atoms with Crippen LogP contribution in [0.4, 0.5) is 0 Å². The lowest BCUT2D eigenvalue weighted by Gasteiger charge is -1.89. The zero-order chi connectivity index (χ0) is 9.52. The van der Waals surface area contributed by atoms with Gasteiger partial charge in [0.1, 0.15) is 6.07 Å². The number of alkyl halides is 1. The van der Waals surface area contributed by atoms with Crippen LogP contribution in [-0.2, 0) is 0 Å². The lowest BCUT2D eigenvalue weighted by atomic mass is 10.2. The van der Waals surface area contributed by atoms with Crippen LogP contribution in [0.5, 0.6) is 0 Å². The van der Waals surface area contributed by atoms with E-state index in [-0.39, 0.29) is 0 Å². The van der Waals surface area contributed by atoms with Crippen LogP contribution in [0, 0.1) is 23.2 Å². The lowest BCUT2D eigenvalue weighted by Crippen LogP contribution is -1.81. The average Bonchev–Trinajstić information content (AvgIpc) is 2.19. The molecule has 0 fully saturated rings. The maximum atomic E-state index is 8.57. The molecule has 1 aromatic rings. The van der Waals surface area contributed by atoms with E-state index in [2.05, 4.69) is 16.8 Å². The molecule has 0 saturated heterocycles. The van der Waals surface area contributed by atoms with Crippen molar-refractivity contribution in [3.05, 3.63) is 29.6 Å². The van der Waals surface area contributed by atoms with Gasteiger partial charge in [0.25, 0.3) is 0 Å². The van der Waals surface area contributed by atoms with Gasteiger partial charge in [0.2, 0.25) is 0 Å². The zero-order valence-electron chi connectivity index (χ0n) is 6.92. The van der Waals surface area contributed by atoms with Crippen LogP contribution in [0.3, 0.4) is 0 Å². The summed E-state index contributed by atoms with van der Waals surface area (Å²) in [6.07, 6.45) is 3.78. The summed E-state index contributed by atoms with van der Waals surface area (Å²) in [5.74, 6) is 6.27. The van der Waals surface area contributed by atoms with Gasteiger partial charge in [-0.15, -0.1) is 11.6 Å². The van der Waals surface area contributed by atoms with Crippen molar-refractivity contribution in [3.8, 4) is 17.9 Å². The maximum Gasteiger partial charge on any atom is 0.101 e. The summed E-state index contributed by atoms with van der Waals surface area (Å²) in [6.45, 7) is 0. The topological polar surface area (TPSA) is 36.7 Å². The first kappa shape index (κ1) is 9.58. The number of aromatic nitrogens is 1. The quantitative estimate of drug-likeness (QED) is 0.501. The number of hydrogen-bond donors (Lipinski definition) is 0. The first-order chi connectivity index (χ1) is 6.36. The molecule has 13 heavy (non-hydrogen) atoms. The van der Waals surface area contributed by atoms with E-state index in [0.29, 0.717) is 17.9 Å². The maximum absolute atomic E-state index is 8.57. The van der Waals surface area contributed by atoms with Crippen molar-refractivity contribution in [2.45, 2.75) is 6.42 Å². The molecule has 2 nitrogen and oxygen atoms in total. The van der Waals surface area contributed by atoms with Gasteiger partial charge in [-0.25, -0.2) is 0 Å². The van der Waals surface area contributed by atoms with Crippen LogP contribution < -0.4 is 0 Å². The van der Waals surface area contributed by atoms with E-state index in [1.165, 1.54) is 6.20 Å². The van der Waals surface area contributed by atoms with E-state index in [1.54, 1.807) is 12.3 Å². The van der Waals surface area contributed by atoms with Gasteiger partial charge in [0.15, 0.2) is 0 Å². The third-order valence-corrected chi connectivity index (χ3v) is 1.51. The van der Waals surface area contributed by atoms with E-state index >= 15 is 0 Å². The molecular formula is C10H7ClN2. The van der Waals surface area contributed by atoms with Gasteiger partial charge < -0.3 is 0 Å². The standard InChI is InChI=1S/C10H7ClN2/c11-4-2-1-3-9-5-10(6-12)8-13-7-9/h5,7-8H,2,4H2. The Bertz CT molecular complexity index is 382. The van der Waals surface area contributed by atoms with Crippen molar-refractivity contribution >= 4 is 11.6 Å². The number of nitriles is 1. The molecule has 0 aliphatic rings. The highest BCUT2D eigenvalue weighted by Gasteiger charge is 1.90. The van der Waals surface area contributed by atoms with Gasteiger partial charge >= 0.3 is 0 Å². The van der Waals surface area contributed by atoms with Gasteiger partial charge in [0, 0.05) is 30.3 Å². The number of rotatable bonds is 1. The molecule has 0 aliphatic heterocycles. The minimum atomic E-state index is 0.526. The summed E-state index contributed by atoms with van der Waals surface area (Å²) >= 11 is 5.46. The summed E-state index contributed by atoms with van der Waals surface area (Å²) in [4.78, 5) is 3.88. The Hall–Kier alpha value is -1.51. The highest BCUT2D eigenvalue weighted by molar-refractivity contribution is 6.18. The highest BCUT2D eigenvalue weighted by atomic mass is 35.5. The van der Waals surface area contributed by atoms with E-state index in [4.69, 9.17) is 16.9 Å². The normalized spacial score (nSPS) is 8.31. The zero-order valence-corrected chi connectivity index (χ0v) is 7.67. The van der Waals surface area contributed by atoms with Crippen LogP contribution >= 0.6 is 11.6 Å². The largest absolute Gasteiger partial charge is 0.262 e. The molecule has 0 saturated carbocycles. The summed E-state index contributed by atoms with van der Waals surface area (Å²) in [6, 6.07) is 3.70. The summed E-state index contributed by atoms with van der Waals surface area (Å²) in [5.41, 5.74) is 1.28. The average molecular weight is 191 g/mol. The van der Waals surface area contributed by atoms with Crippen LogP contribution in [0.15, 0.2) is 18.5 Å². The second kappa shape index (κ2) is 5.19. The number of halogens is 1. The van der Waals surface area contributed by atoms with Crippen molar-refractivity contribution in [1.82, 2.24) is 4.98 Å². The SMILES string of the molecule is N#Cc1cncc(C#CCCCl)c1. The van der Waals surface area contributed by atoms with Gasteiger partial charge in [-0.2, -0.15) is 5.26 Å². The molecule has 0 atom stereocenters. The first-order valence-electron chi connectivity index (χ1n) is 3.77. The van der Waals surface area contributed by atoms with Gasteiger partial charge in [-0.05, 0) is 6.07 Å². The smallest absolute Gasteiger partial charge is 0.101 e. The molecule has 0 aromatic carbocycles. The number of hydrogen-bond acceptors (Lipinski definition) is 2. The summed E-state index contributed by atoms with van der Waals surface area (Å²) in [5, 5.41) is 8.57. The van der Waals surface area contributed by atoms with Crippen molar-refractivity contribution < 1.29 is 0 Å². The first-order valence-corrected chi connectivity index (χ1v) is 4.30. The Balaban J connectivity index is 2.81. The summed E-state index contributed by atoms with van der Waals surface area (Å²) < 4.78 is 0. The molecule has 0 bridgehead atoms. The molecular weight excluding hydrogens is 184 g/mol. The minimum Gasteiger partial charge on any atom is -0.262 e.